The Bertz CT molecular complexity index is 608. The lowest BCUT2D eigenvalue weighted by Gasteiger charge is -2.08. The van der Waals surface area contributed by atoms with Crippen LogP contribution in [0, 0.1) is 0 Å². The second-order valence-corrected chi connectivity index (χ2v) is 5.45. The summed E-state index contributed by atoms with van der Waals surface area (Å²) >= 11 is 0. The molecule has 0 amide bonds. The number of hydrogen-bond acceptors (Lipinski definition) is 5. The van der Waals surface area contributed by atoms with Crippen molar-refractivity contribution in [2.24, 2.45) is 0 Å². The lowest BCUT2D eigenvalue weighted by molar-refractivity contribution is 0.0526. The average molecular weight is 287 g/mol. The number of aromatic carboxylic acids is 1. The SMILES string of the molecule is CCOC(=O)c1cc(NS(C)(=O)=O)cc(C(=O)O)c1. The summed E-state index contributed by atoms with van der Waals surface area (Å²) in [7, 11) is -3.57. The normalized spacial score (nSPS) is 10.8. The summed E-state index contributed by atoms with van der Waals surface area (Å²) in [6, 6.07) is 3.45. The number of sulfonamides is 1. The van der Waals surface area contributed by atoms with Crippen LogP contribution < -0.4 is 4.72 Å². The number of carboxylic acid groups (broad SMARTS) is 1. The molecule has 0 aliphatic carbocycles. The number of anilines is 1. The molecule has 0 aromatic heterocycles. The van der Waals surface area contributed by atoms with E-state index < -0.39 is 22.0 Å². The van der Waals surface area contributed by atoms with Gasteiger partial charge >= 0.3 is 11.9 Å². The van der Waals surface area contributed by atoms with E-state index in [9.17, 15) is 18.0 Å². The Hall–Kier alpha value is -2.09. The van der Waals surface area contributed by atoms with Crippen molar-refractivity contribution in [2.45, 2.75) is 6.92 Å². The number of carbonyl (C=O) groups is 2. The summed E-state index contributed by atoms with van der Waals surface area (Å²) in [6.45, 7) is 1.74. The number of carboxylic acids is 1. The zero-order valence-corrected chi connectivity index (χ0v) is 11.2. The van der Waals surface area contributed by atoms with Crippen molar-refractivity contribution in [3.05, 3.63) is 29.3 Å². The van der Waals surface area contributed by atoms with Crippen molar-refractivity contribution in [3.63, 3.8) is 0 Å². The van der Waals surface area contributed by atoms with Crippen LogP contribution in [0.4, 0.5) is 5.69 Å². The van der Waals surface area contributed by atoms with Gasteiger partial charge < -0.3 is 9.84 Å². The van der Waals surface area contributed by atoms with Gasteiger partial charge in [0.15, 0.2) is 0 Å². The zero-order valence-electron chi connectivity index (χ0n) is 10.3. The van der Waals surface area contributed by atoms with Crippen LogP contribution in [0.15, 0.2) is 18.2 Å². The first-order chi connectivity index (χ1) is 8.73. The smallest absolute Gasteiger partial charge is 0.338 e. The molecule has 1 aromatic carbocycles. The van der Waals surface area contributed by atoms with Gasteiger partial charge in [0.2, 0.25) is 10.0 Å². The minimum atomic E-state index is -3.57. The fourth-order valence-corrected chi connectivity index (χ4v) is 1.90. The van der Waals surface area contributed by atoms with Gasteiger partial charge in [0.25, 0.3) is 0 Å². The van der Waals surface area contributed by atoms with Crippen molar-refractivity contribution in [1.29, 1.82) is 0 Å². The fourth-order valence-electron chi connectivity index (χ4n) is 1.36. The van der Waals surface area contributed by atoms with E-state index in [2.05, 4.69) is 4.72 Å². The predicted octanol–water partition coefficient (Wildman–Crippen LogP) is 0.933. The molecule has 0 saturated heterocycles. The van der Waals surface area contributed by atoms with Crippen LogP contribution in [0.1, 0.15) is 27.6 Å². The maximum absolute atomic E-state index is 11.5. The van der Waals surface area contributed by atoms with Crippen LogP contribution in [-0.2, 0) is 14.8 Å². The maximum atomic E-state index is 11.5. The number of benzene rings is 1. The first-order valence-corrected chi connectivity index (χ1v) is 7.15. The number of esters is 1. The number of ether oxygens (including phenoxy) is 1. The van der Waals surface area contributed by atoms with Gasteiger partial charge in [-0.2, -0.15) is 0 Å². The van der Waals surface area contributed by atoms with Gasteiger partial charge in [-0.1, -0.05) is 0 Å². The van der Waals surface area contributed by atoms with Gasteiger partial charge in [-0.25, -0.2) is 18.0 Å². The number of hydrogen-bond donors (Lipinski definition) is 2. The molecule has 0 heterocycles. The van der Waals surface area contributed by atoms with Crippen LogP contribution in [0.25, 0.3) is 0 Å². The van der Waals surface area contributed by atoms with Crippen LogP contribution in [0.5, 0.6) is 0 Å². The second-order valence-electron chi connectivity index (χ2n) is 3.70. The Morgan fingerprint density at radius 1 is 1.26 bits per heavy atom. The minimum Gasteiger partial charge on any atom is -0.478 e. The summed E-state index contributed by atoms with van der Waals surface area (Å²) < 4.78 is 29.1. The van der Waals surface area contributed by atoms with Gasteiger partial charge in [0.1, 0.15) is 0 Å². The summed E-state index contributed by atoms with van der Waals surface area (Å²) in [5.41, 5.74) is -0.255. The van der Waals surface area contributed by atoms with E-state index in [1.807, 2.05) is 0 Å². The molecule has 2 N–H and O–H groups in total. The maximum Gasteiger partial charge on any atom is 0.338 e. The highest BCUT2D eigenvalue weighted by Crippen LogP contribution is 2.17. The molecule has 0 spiro atoms. The van der Waals surface area contributed by atoms with E-state index >= 15 is 0 Å². The highest BCUT2D eigenvalue weighted by molar-refractivity contribution is 7.92. The summed E-state index contributed by atoms with van der Waals surface area (Å²) in [6.07, 6.45) is 0.921. The van der Waals surface area contributed by atoms with Crippen LogP contribution in [-0.4, -0.2) is 38.3 Å². The molecule has 0 aliphatic rings. The molecule has 0 saturated carbocycles. The Labute approximate surface area is 110 Å². The quantitative estimate of drug-likeness (QED) is 0.780. The molecule has 8 heteroatoms. The lowest BCUT2D eigenvalue weighted by Crippen LogP contribution is -2.13. The number of rotatable bonds is 5. The molecule has 0 unspecified atom stereocenters. The van der Waals surface area contributed by atoms with E-state index in [1.54, 1.807) is 6.92 Å². The number of carbonyl (C=O) groups excluding carboxylic acids is 1. The van der Waals surface area contributed by atoms with Crippen LogP contribution in [0.3, 0.4) is 0 Å². The summed E-state index contributed by atoms with van der Waals surface area (Å²) in [4.78, 5) is 22.5. The zero-order chi connectivity index (χ0) is 14.6. The largest absolute Gasteiger partial charge is 0.478 e. The molecule has 0 fully saturated rings. The third kappa shape index (κ3) is 4.59. The Balaban J connectivity index is 3.25. The van der Waals surface area contributed by atoms with E-state index in [4.69, 9.17) is 9.84 Å². The lowest BCUT2D eigenvalue weighted by atomic mass is 10.1. The van der Waals surface area contributed by atoms with E-state index in [0.717, 1.165) is 18.4 Å². The minimum absolute atomic E-state index is 0.00884. The first-order valence-electron chi connectivity index (χ1n) is 5.26. The van der Waals surface area contributed by atoms with Gasteiger partial charge in [-0.15, -0.1) is 0 Å². The van der Waals surface area contributed by atoms with Gasteiger partial charge in [-0.05, 0) is 25.1 Å². The standard InChI is InChI=1S/C11H13NO6S/c1-3-18-11(15)8-4-7(10(13)14)5-9(6-8)12-19(2,16)17/h4-6,12H,3H2,1-2H3,(H,13,14). The van der Waals surface area contributed by atoms with Crippen molar-refractivity contribution in [2.75, 3.05) is 17.6 Å². The third-order valence-electron chi connectivity index (χ3n) is 1.99. The van der Waals surface area contributed by atoms with E-state index in [0.29, 0.717) is 0 Å². The van der Waals surface area contributed by atoms with Gasteiger partial charge in [0.05, 0.1) is 29.7 Å². The van der Waals surface area contributed by atoms with Crippen LogP contribution in [0.2, 0.25) is 0 Å². The van der Waals surface area contributed by atoms with Crippen molar-refractivity contribution in [1.82, 2.24) is 0 Å². The van der Waals surface area contributed by atoms with Crippen molar-refractivity contribution >= 4 is 27.6 Å². The van der Waals surface area contributed by atoms with Crippen LogP contribution >= 0.6 is 0 Å². The molecule has 0 atom stereocenters. The summed E-state index contributed by atoms with van der Waals surface area (Å²) in [5, 5.41) is 8.91. The molecular weight excluding hydrogens is 274 g/mol. The Morgan fingerprint density at radius 2 is 1.84 bits per heavy atom. The van der Waals surface area contributed by atoms with Gasteiger partial charge in [-0.3, -0.25) is 4.72 Å². The molecule has 0 bridgehead atoms. The fraction of sp³-hybridized carbons (Fsp3) is 0.273. The van der Waals surface area contributed by atoms with E-state index in [1.165, 1.54) is 6.07 Å². The molecule has 7 nitrogen and oxygen atoms in total. The molecule has 104 valence electrons. The monoisotopic (exact) mass is 287 g/mol. The number of nitrogens with one attached hydrogen (secondary N) is 1. The van der Waals surface area contributed by atoms with Crippen molar-refractivity contribution < 1.29 is 27.9 Å². The molecule has 0 radical (unpaired) electrons. The summed E-state index contributed by atoms with van der Waals surface area (Å²) in [5.74, 6) is -2.00. The molecule has 1 aromatic rings. The highest BCUT2D eigenvalue weighted by atomic mass is 32.2. The van der Waals surface area contributed by atoms with Crippen molar-refractivity contribution in [3.8, 4) is 0 Å². The third-order valence-corrected chi connectivity index (χ3v) is 2.60. The second kappa shape index (κ2) is 5.70. The molecule has 1 rings (SSSR count). The predicted molar refractivity (Wildman–Crippen MR) is 67.8 cm³/mol. The Morgan fingerprint density at radius 3 is 2.32 bits per heavy atom. The van der Waals surface area contributed by atoms with E-state index in [-0.39, 0.29) is 23.4 Å². The highest BCUT2D eigenvalue weighted by Gasteiger charge is 2.14. The average Bonchev–Trinajstić information content (AvgIpc) is 2.26. The Kier molecular flexibility index (Phi) is 4.49. The van der Waals surface area contributed by atoms with Gasteiger partial charge in [0, 0.05) is 0 Å². The molecule has 19 heavy (non-hydrogen) atoms. The first kappa shape index (κ1) is 15.0. The molecular formula is C11H13NO6S. The topological polar surface area (TPSA) is 110 Å². The molecule has 0 aliphatic heterocycles.